The zero-order valence-electron chi connectivity index (χ0n) is 8.00. The first kappa shape index (κ1) is 9.64. The molecule has 0 atom stereocenters. The van der Waals surface area contributed by atoms with Crippen molar-refractivity contribution in [2.45, 2.75) is 19.9 Å². The van der Waals surface area contributed by atoms with Crippen LogP contribution in [-0.2, 0) is 6.54 Å². The van der Waals surface area contributed by atoms with E-state index in [1.54, 1.807) is 19.3 Å². The van der Waals surface area contributed by atoms with E-state index in [4.69, 9.17) is 5.73 Å². The van der Waals surface area contributed by atoms with Crippen LogP contribution < -0.4 is 11.1 Å². The smallest absolute Gasteiger partial charge is 0.267 e. The lowest BCUT2D eigenvalue weighted by Gasteiger charge is -2.05. The van der Waals surface area contributed by atoms with Crippen molar-refractivity contribution in [2.75, 3.05) is 12.8 Å². The monoisotopic (exact) mass is 181 g/mol. The summed E-state index contributed by atoms with van der Waals surface area (Å²) in [4.78, 5) is 11.3. The van der Waals surface area contributed by atoms with Gasteiger partial charge in [-0.3, -0.25) is 4.79 Å². The van der Waals surface area contributed by atoms with Gasteiger partial charge >= 0.3 is 0 Å². The Bertz CT molecular complexity index is 304. The number of nitrogens with zero attached hydrogens (tertiary/aromatic N) is 1. The Hall–Kier alpha value is -1.45. The van der Waals surface area contributed by atoms with Gasteiger partial charge in [-0.05, 0) is 12.5 Å². The topological polar surface area (TPSA) is 60.0 Å². The third-order valence-electron chi connectivity index (χ3n) is 1.84. The van der Waals surface area contributed by atoms with Gasteiger partial charge in [0, 0.05) is 19.8 Å². The van der Waals surface area contributed by atoms with Crippen LogP contribution in [-0.4, -0.2) is 17.5 Å². The van der Waals surface area contributed by atoms with Gasteiger partial charge < -0.3 is 15.6 Å². The van der Waals surface area contributed by atoms with Crippen molar-refractivity contribution in [1.82, 2.24) is 9.88 Å². The number of hydrogen-bond donors (Lipinski definition) is 2. The first-order valence-corrected chi connectivity index (χ1v) is 4.36. The van der Waals surface area contributed by atoms with E-state index in [0.717, 1.165) is 13.0 Å². The van der Waals surface area contributed by atoms with Gasteiger partial charge in [-0.2, -0.15) is 0 Å². The minimum Gasteiger partial charge on any atom is -0.397 e. The molecule has 0 unspecified atom stereocenters. The van der Waals surface area contributed by atoms with E-state index in [2.05, 4.69) is 12.2 Å². The first-order valence-electron chi connectivity index (χ1n) is 4.36. The summed E-state index contributed by atoms with van der Waals surface area (Å²) in [6, 6.07) is 1.69. The molecule has 0 saturated carbocycles. The van der Waals surface area contributed by atoms with Crippen molar-refractivity contribution in [2.24, 2.45) is 0 Å². The van der Waals surface area contributed by atoms with Crippen LogP contribution in [0.1, 0.15) is 23.8 Å². The molecule has 0 saturated heterocycles. The highest BCUT2D eigenvalue weighted by Crippen LogP contribution is 2.10. The number of carbonyl (C=O) groups excluding carboxylic acids is 1. The van der Waals surface area contributed by atoms with E-state index >= 15 is 0 Å². The van der Waals surface area contributed by atoms with E-state index in [1.807, 2.05) is 4.57 Å². The van der Waals surface area contributed by atoms with Gasteiger partial charge in [0.2, 0.25) is 0 Å². The maximum absolute atomic E-state index is 11.3. The maximum Gasteiger partial charge on any atom is 0.267 e. The Labute approximate surface area is 77.7 Å². The highest BCUT2D eigenvalue weighted by Gasteiger charge is 2.09. The summed E-state index contributed by atoms with van der Waals surface area (Å²) in [7, 11) is 1.61. The molecular formula is C9H15N3O. The summed E-state index contributed by atoms with van der Waals surface area (Å²) in [5.41, 5.74) is 6.86. The van der Waals surface area contributed by atoms with E-state index in [9.17, 15) is 4.79 Å². The molecule has 1 heterocycles. The molecule has 4 heteroatoms. The van der Waals surface area contributed by atoms with E-state index in [0.29, 0.717) is 11.4 Å². The van der Waals surface area contributed by atoms with Crippen LogP contribution in [0.25, 0.3) is 0 Å². The molecule has 0 radical (unpaired) electrons. The van der Waals surface area contributed by atoms with Crippen molar-refractivity contribution in [3.63, 3.8) is 0 Å². The highest BCUT2D eigenvalue weighted by molar-refractivity contribution is 5.93. The Kier molecular flexibility index (Phi) is 2.95. The number of carbonyl (C=O) groups is 1. The van der Waals surface area contributed by atoms with E-state index in [-0.39, 0.29) is 5.91 Å². The SMILES string of the molecule is CCCn1cc(N)cc1C(=O)NC. The van der Waals surface area contributed by atoms with Gasteiger partial charge in [0.05, 0.1) is 5.69 Å². The average molecular weight is 181 g/mol. The lowest BCUT2D eigenvalue weighted by Crippen LogP contribution is -2.21. The zero-order valence-corrected chi connectivity index (χ0v) is 8.00. The Morgan fingerprint density at radius 3 is 2.92 bits per heavy atom. The van der Waals surface area contributed by atoms with Gasteiger partial charge in [-0.15, -0.1) is 0 Å². The van der Waals surface area contributed by atoms with Crippen LogP contribution in [0.3, 0.4) is 0 Å². The number of nitrogens with one attached hydrogen (secondary N) is 1. The second-order valence-electron chi connectivity index (χ2n) is 2.93. The molecule has 1 aromatic rings. The molecular weight excluding hydrogens is 166 g/mol. The van der Waals surface area contributed by atoms with Gasteiger partial charge in [0.15, 0.2) is 0 Å². The molecule has 1 rings (SSSR count). The molecule has 0 aliphatic rings. The molecule has 1 aromatic heterocycles. The molecule has 72 valence electrons. The Morgan fingerprint density at radius 2 is 2.38 bits per heavy atom. The van der Waals surface area contributed by atoms with Crippen LogP contribution in [0.2, 0.25) is 0 Å². The summed E-state index contributed by atoms with van der Waals surface area (Å²) in [6.07, 6.45) is 2.77. The average Bonchev–Trinajstić information content (AvgIpc) is 2.46. The largest absolute Gasteiger partial charge is 0.397 e. The number of rotatable bonds is 3. The summed E-state index contributed by atoms with van der Waals surface area (Å²) < 4.78 is 1.87. The second kappa shape index (κ2) is 3.98. The lowest BCUT2D eigenvalue weighted by atomic mass is 10.3. The molecule has 1 amide bonds. The second-order valence-corrected chi connectivity index (χ2v) is 2.93. The molecule has 4 nitrogen and oxygen atoms in total. The minimum atomic E-state index is -0.0925. The van der Waals surface area contributed by atoms with Crippen molar-refractivity contribution in [3.8, 4) is 0 Å². The van der Waals surface area contributed by atoms with Crippen LogP contribution >= 0.6 is 0 Å². The van der Waals surface area contributed by atoms with Gasteiger partial charge in [-0.25, -0.2) is 0 Å². The molecule has 13 heavy (non-hydrogen) atoms. The number of hydrogen-bond acceptors (Lipinski definition) is 2. The quantitative estimate of drug-likeness (QED) is 0.726. The molecule has 0 aliphatic carbocycles. The standard InChI is InChI=1S/C9H15N3O/c1-3-4-12-6-7(10)5-8(12)9(13)11-2/h5-6H,3-4,10H2,1-2H3,(H,11,13). The number of nitrogens with two attached hydrogens (primary N) is 1. The van der Waals surface area contributed by atoms with Gasteiger partial charge in [0.25, 0.3) is 5.91 Å². The van der Waals surface area contributed by atoms with E-state index < -0.39 is 0 Å². The number of aromatic nitrogens is 1. The number of nitrogen functional groups attached to an aromatic ring is 1. The third kappa shape index (κ3) is 2.02. The fraction of sp³-hybridized carbons (Fsp3) is 0.444. The number of aryl methyl sites for hydroxylation is 1. The molecule has 0 spiro atoms. The molecule has 0 aromatic carbocycles. The van der Waals surface area contributed by atoms with Crippen LogP contribution in [0, 0.1) is 0 Å². The molecule has 0 aliphatic heterocycles. The normalized spacial score (nSPS) is 10.0. The lowest BCUT2D eigenvalue weighted by molar-refractivity contribution is 0.0954. The first-order chi connectivity index (χ1) is 6.19. The van der Waals surface area contributed by atoms with Crippen LogP contribution in [0.4, 0.5) is 5.69 Å². The summed E-state index contributed by atoms with van der Waals surface area (Å²) in [6.45, 7) is 2.88. The predicted octanol–water partition coefficient (Wildman–Crippen LogP) is 0.840. The fourth-order valence-corrected chi connectivity index (χ4v) is 1.28. The number of anilines is 1. The molecule has 3 N–H and O–H groups in total. The van der Waals surface area contributed by atoms with Crippen molar-refractivity contribution >= 4 is 11.6 Å². The summed E-state index contributed by atoms with van der Waals surface area (Å²) in [5.74, 6) is -0.0925. The fourth-order valence-electron chi connectivity index (χ4n) is 1.28. The molecule has 0 fully saturated rings. The van der Waals surface area contributed by atoms with Gasteiger partial charge in [-0.1, -0.05) is 6.92 Å². The summed E-state index contributed by atoms with van der Waals surface area (Å²) in [5, 5.41) is 2.58. The highest BCUT2D eigenvalue weighted by atomic mass is 16.1. The third-order valence-corrected chi connectivity index (χ3v) is 1.84. The summed E-state index contributed by atoms with van der Waals surface area (Å²) >= 11 is 0. The van der Waals surface area contributed by atoms with Crippen molar-refractivity contribution < 1.29 is 4.79 Å². The van der Waals surface area contributed by atoms with Crippen molar-refractivity contribution in [3.05, 3.63) is 18.0 Å². The van der Waals surface area contributed by atoms with E-state index in [1.165, 1.54) is 0 Å². The maximum atomic E-state index is 11.3. The molecule has 0 bridgehead atoms. The van der Waals surface area contributed by atoms with Crippen molar-refractivity contribution in [1.29, 1.82) is 0 Å². The predicted molar refractivity (Wildman–Crippen MR) is 52.5 cm³/mol. The minimum absolute atomic E-state index is 0.0925. The number of amides is 1. The van der Waals surface area contributed by atoms with Crippen LogP contribution in [0.15, 0.2) is 12.3 Å². The van der Waals surface area contributed by atoms with Crippen LogP contribution in [0.5, 0.6) is 0 Å². The Balaban J connectivity index is 2.96. The Morgan fingerprint density at radius 1 is 1.69 bits per heavy atom. The van der Waals surface area contributed by atoms with Gasteiger partial charge in [0.1, 0.15) is 5.69 Å². The zero-order chi connectivity index (χ0) is 9.84.